The lowest BCUT2D eigenvalue weighted by molar-refractivity contribution is -0.139. The summed E-state index contributed by atoms with van der Waals surface area (Å²) in [6.07, 6.45) is 0.659. The van der Waals surface area contributed by atoms with E-state index in [0.717, 1.165) is 5.56 Å². The lowest BCUT2D eigenvalue weighted by Crippen LogP contribution is -2.30. The molecule has 1 aliphatic rings. The summed E-state index contributed by atoms with van der Waals surface area (Å²) in [5, 5.41) is 20.1. The van der Waals surface area contributed by atoms with Gasteiger partial charge in [-0.25, -0.2) is 0 Å². The van der Waals surface area contributed by atoms with Crippen LogP contribution in [0.25, 0.3) is 5.76 Å². The van der Waals surface area contributed by atoms with Gasteiger partial charge >= 0.3 is 0 Å². The number of aliphatic hydroxyl groups is 2. The van der Waals surface area contributed by atoms with Crippen LogP contribution < -0.4 is 9.47 Å². The number of benzene rings is 2. The summed E-state index contributed by atoms with van der Waals surface area (Å²) >= 11 is 0. The number of carbonyl (C=O) groups excluding carboxylic acids is 2. The molecule has 0 spiro atoms. The molecule has 3 rings (SSSR count). The lowest BCUT2D eigenvalue weighted by atomic mass is 9.94. The lowest BCUT2D eigenvalue weighted by Gasteiger charge is -2.25. The van der Waals surface area contributed by atoms with Gasteiger partial charge in [-0.2, -0.15) is 0 Å². The van der Waals surface area contributed by atoms with Crippen LogP contribution in [-0.2, 0) is 9.59 Å². The number of hydrogen-bond donors (Lipinski definition) is 2. The van der Waals surface area contributed by atoms with Gasteiger partial charge in [0.15, 0.2) is 0 Å². The van der Waals surface area contributed by atoms with Crippen molar-refractivity contribution in [2.75, 3.05) is 26.9 Å². The molecule has 1 unspecified atom stereocenters. The monoisotopic (exact) mass is 425 g/mol. The molecule has 7 heteroatoms. The highest BCUT2D eigenvalue weighted by Crippen LogP contribution is 2.40. The predicted molar refractivity (Wildman–Crippen MR) is 116 cm³/mol. The number of nitrogens with zero attached hydrogens (tertiary/aromatic N) is 1. The van der Waals surface area contributed by atoms with E-state index >= 15 is 0 Å². The van der Waals surface area contributed by atoms with Gasteiger partial charge in [0.1, 0.15) is 23.9 Å². The topological polar surface area (TPSA) is 96.3 Å². The fourth-order valence-corrected chi connectivity index (χ4v) is 3.82. The molecule has 0 aromatic heterocycles. The minimum Gasteiger partial charge on any atom is -0.507 e. The fraction of sp³-hybridized carbons (Fsp3) is 0.333. The first-order valence-electron chi connectivity index (χ1n) is 10.2. The van der Waals surface area contributed by atoms with Gasteiger partial charge < -0.3 is 24.6 Å². The van der Waals surface area contributed by atoms with Crippen molar-refractivity contribution < 1.29 is 29.3 Å². The highest BCUT2D eigenvalue weighted by atomic mass is 16.5. The van der Waals surface area contributed by atoms with Gasteiger partial charge in [-0.1, -0.05) is 19.1 Å². The molecular formula is C24H27NO6. The quantitative estimate of drug-likeness (QED) is 0.383. The molecule has 7 nitrogen and oxygen atoms in total. The third-order valence-corrected chi connectivity index (χ3v) is 5.21. The SMILES string of the molecule is CCCN1C(=O)C(=O)/C(=C(/O)c2ccc(OC)c(C)c2)C1c1cccc(OCCO)c1. The number of amides is 1. The van der Waals surface area contributed by atoms with E-state index in [-0.39, 0.29) is 24.5 Å². The van der Waals surface area contributed by atoms with Crippen molar-refractivity contribution in [2.45, 2.75) is 26.3 Å². The summed E-state index contributed by atoms with van der Waals surface area (Å²) in [6.45, 7) is 4.13. The summed E-state index contributed by atoms with van der Waals surface area (Å²) in [5.41, 5.74) is 1.92. The number of Topliss-reactive ketones (excluding diaryl/α,β-unsaturated/α-hetero) is 1. The molecule has 2 aromatic rings. The largest absolute Gasteiger partial charge is 0.507 e. The molecule has 2 aromatic carbocycles. The number of aryl methyl sites for hydroxylation is 1. The van der Waals surface area contributed by atoms with Gasteiger partial charge in [-0.3, -0.25) is 9.59 Å². The number of rotatable bonds is 8. The van der Waals surface area contributed by atoms with Crippen molar-refractivity contribution in [3.63, 3.8) is 0 Å². The van der Waals surface area contributed by atoms with E-state index in [1.54, 1.807) is 49.6 Å². The van der Waals surface area contributed by atoms with Crippen molar-refractivity contribution in [2.24, 2.45) is 0 Å². The first-order chi connectivity index (χ1) is 14.9. The van der Waals surface area contributed by atoms with Crippen molar-refractivity contribution >= 4 is 17.4 Å². The second-order valence-electron chi connectivity index (χ2n) is 7.32. The minimum absolute atomic E-state index is 0.0438. The molecule has 31 heavy (non-hydrogen) atoms. The van der Waals surface area contributed by atoms with E-state index in [1.165, 1.54) is 4.90 Å². The van der Waals surface area contributed by atoms with E-state index in [0.29, 0.717) is 35.6 Å². The van der Waals surface area contributed by atoms with E-state index in [9.17, 15) is 14.7 Å². The molecule has 164 valence electrons. The van der Waals surface area contributed by atoms with Crippen molar-refractivity contribution in [1.82, 2.24) is 4.90 Å². The summed E-state index contributed by atoms with van der Waals surface area (Å²) in [7, 11) is 1.56. The number of methoxy groups -OCH3 is 1. The molecule has 0 saturated carbocycles. The Morgan fingerprint density at radius 2 is 1.94 bits per heavy atom. The van der Waals surface area contributed by atoms with Crippen LogP contribution in [0.15, 0.2) is 48.0 Å². The Hall–Kier alpha value is -3.32. The first-order valence-corrected chi connectivity index (χ1v) is 10.2. The van der Waals surface area contributed by atoms with Crippen LogP contribution >= 0.6 is 0 Å². The van der Waals surface area contributed by atoms with Crippen LogP contribution in [-0.4, -0.2) is 53.7 Å². The summed E-state index contributed by atoms with van der Waals surface area (Å²) < 4.78 is 10.8. The highest BCUT2D eigenvalue weighted by Gasteiger charge is 2.45. The normalized spacial score (nSPS) is 17.8. The molecule has 0 aliphatic carbocycles. The van der Waals surface area contributed by atoms with E-state index in [1.807, 2.05) is 13.8 Å². The average molecular weight is 425 g/mol. The number of hydrogen-bond acceptors (Lipinski definition) is 6. The number of ketones is 1. The molecule has 0 radical (unpaired) electrons. The molecule has 1 saturated heterocycles. The molecule has 2 N–H and O–H groups in total. The van der Waals surface area contributed by atoms with E-state index in [2.05, 4.69) is 0 Å². The standard InChI is InChI=1S/C24H27NO6/c1-4-10-25-21(16-6-5-7-18(14-16)31-12-11-26)20(23(28)24(25)29)22(27)17-8-9-19(30-3)15(2)13-17/h5-9,13-14,21,26-27H,4,10-12H2,1-3H3/b22-20+. The Morgan fingerprint density at radius 1 is 1.16 bits per heavy atom. The van der Waals surface area contributed by atoms with Crippen LogP contribution in [0, 0.1) is 6.92 Å². The van der Waals surface area contributed by atoms with Crippen LogP contribution in [0.1, 0.15) is 36.1 Å². The summed E-state index contributed by atoms with van der Waals surface area (Å²) in [6, 6.07) is 11.4. The second-order valence-corrected chi connectivity index (χ2v) is 7.32. The van der Waals surface area contributed by atoms with Gasteiger partial charge in [0.25, 0.3) is 11.7 Å². The van der Waals surface area contributed by atoms with Gasteiger partial charge in [0, 0.05) is 12.1 Å². The zero-order chi connectivity index (χ0) is 22.5. The Bertz CT molecular complexity index is 1010. The molecular weight excluding hydrogens is 398 g/mol. The Labute approximate surface area is 181 Å². The zero-order valence-electron chi connectivity index (χ0n) is 17.9. The Balaban J connectivity index is 2.14. The number of likely N-dealkylation sites (tertiary alicyclic amines) is 1. The number of aliphatic hydroxyl groups excluding tert-OH is 2. The average Bonchev–Trinajstić information content (AvgIpc) is 3.02. The molecule has 1 amide bonds. The highest BCUT2D eigenvalue weighted by molar-refractivity contribution is 6.46. The Kier molecular flexibility index (Phi) is 6.97. The summed E-state index contributed by atoms with van der Waals surface area (Å²) in [4.78, 5) is 27.2. The molecule has 1 fully saturated rings. The number of ether oxygens (including phenoxy) is 2. The third-order valence-electron chi connectivity index (χ3n) is 5.21. The second kappa shape index (κ2) is 9.66. The Morgan fingerprint density at radius 3 is 2.58 bits per heavy atom. The van der Waals surface area contributed by atoms with E-state index in [4.69, 9.17) is 14.6 Å². The molecule has 0 bridgehead atoms. The maximum atomic E-state index is 13.0. The predicted octanol–water partition coefficient (Wildman–Crippen LogP) is 3.21. The number of carbonyl (C=O) groups is 2. The molecule has 1 aliphatic heterocycles. The zero-order valence-corrected chi connectivity index (χ0v) is 17.9. The van der Waals surface area contributed by atoms with Crippen LogP contribution in [0.4, 0.5) is 0 Å². The van der Waals surface area contributed by atoms with Crippen LogP contribution in [0.2, 0.25) is 0 Å². The van der Waals surface area contributed by atoms with Crippen LogP contribution in [0.5, 0.6) is 11.5 Å². The van der Waals surface area contributed by atoms with Gasteiger partial charge in [0.05, 0.1) is 25.3 Å². The minimum atomic E-state index is -0.736. The first kappa shape index (κ1) is 22.4. The van der Waals surface area contributed by atoms with E-state index < -0.39 is 17.7 Å². The van der Waals surface area contributed by atoms with Gasteiger partial charge in [-0.05, 0) is 54.8 Å². The maximum Gasteiger partial charge on any atom is 0.295 e. The maximum absolute atomic E-state index is 13.0. The third kappa shape index (κ3) is 4.41. The fourth-order valence-electron chi connectivity index (χ4n) is 3.82. The molecule has 1 atom stereocenters. The van der Waals surface area contributed by atoms with Gasteiger partial charge in [-0.15, -0.1) is 0 Å². The summed E-state index contributed by atoms with van der Waals surface area (Å²) in [5.74, 6) is -0.414. The smallest absolute Gasteiger partial charge is 0.295 e. The van der Waals surface area contributed by atoms with Gasteiger partial charge in [0.2, 0.25) is 0 Å². The van der Waals surface area contributed by atoms with Crippen LogP contribution in [0.3, 0.4) is 0 Å². The van der Waals surface area contributed by atoms with Crippen molar-refractivity contribution in [3.8, 4) is 11.5 Å². The van der Waals surface area contributed by atoms with Crippen molar-refractivity contribution in [3.05, 3.63) is 64.7 Å². The van der Waals surface area contributed by atoms with Crippen molar-refractivity contribution in [1.29, 1.82) is 0 Å². The molecule has 1 heterocycles.